The van der Waals surface area contributed by atoms with Gasteiger partial charge < -0.3 is 19.6 Å². The van der Waals surface area contributed by atoms with E-state index in [0.29, 0.717) is 45.8 Å². The van der Waals surface area contributed by atoms with Crippen molar-refractivity contribution in [3.8, 4) is 5.75 Å². The zero-order chi connectivity index (χ0) is 19.8. The molecule has 2 rings (SSSR count). The third kappa shape index (κ3) is 5.96. The van der Waals surface area contributed by atoms with Crippen molar-refractivity contribution >= 4 is 17.8 Å². The van der Waals surface area contributed by atoms with E-state index in [9.17, 15) is 19.5 Å². The molecule has 1 saturated heterocycles. The number of carbonyl (C=O) groups is 3. The summed E-state index contributed by atoms with van der Waals surface area (Å²) in [6.45, 7) is 7.57. The van der Waals surface area contributed by atoms with Crippen LogP contribution in [-0.2, 0) is 14.3 Å². The maximum atomic E-state index is 12.2. The molecule has 1 aromatic rings. The van der Waals surface area contributed by atoms with Crippen molar-refractivity contribution in [3.63, 3.8) is 0 Å². The lowest BCUT2D eigenvalue weighted by atomic mass is 10.2. The number of hydrogen-bond acceptors (Lipinski definition) is 6. The van der Waals surface area contributed by atoms with Crippen LogP contribution < -0.4 is 0 Å². The van der Waals surface area contributed by atoms with Gasteiger partial charge in [-0.3, -0.25) is 14.5 Å². The highest BCUT2D eigenvalue weighted by Crippen LogP contribution is 2.11. The summed E-state index contributed by atoms with van der Waals surface area (Å²) in [7, 11) is 0. The fraction of sp³-hybridized carbons (Fsp3) is 0.526. The van der Waals surface area contributed by atoms with E-state index in [1.807, 2.05) is 18.7 Å². The molecule has 0 aromatic heterocycles. The third-order valence-electron chi connectivity index (χ3n) is 4.63. The van der Waals surface area contributed by atoms with Crippen LogP contribution in [0.15, 0.2) is 24.3 Å². The van der Waals surface area contributed by atoms with Gasteiger partial charge in [0.2, 0.25) is 5.91 Å². The van der Waals surface area contributed by atoms with Crippen molar-refractivity contribution in [1.29, 1.82) is 0 Å². The Morgan fingerprint density at radius 2 is 1.63 bits per heavy atom. The summed E-state index contributed by atoms with van der Waals surface area (Å²) < 4.78 is 5.05. The number of aromatic hydroxyl groups is 1. The van der Waals surface area contributed by atoms with Crippen LogP contribution in [0, 0.1) is 0 Å². The van der Waals surface area contributed by atoms with Crippen molar-refractivity contribution in [2.45, 2.75) is 13.8 Å². The Kier molecular flexibility index (Phi) is 7.60. The van der Waals surface area contributed by atoms with Gasteiger partial charge in [0.25, 0.3) is 5.91 Å². The van der Waals surface area contributed by atoms with Gasteiger partial charge in [-0.15, -0.1) is 0 Å². The van der Waals surface area contributed by atoms with Crippen LogP contribution in [0.5, 0.6) is 5.75 Å². The quantitative estimate of drug-likeness (QED) is 0.699. The van der Waals surface area contributed by atoms with E-state index in [1.54, 1.807) is 9.80 Å². The highest BCUT2D eigenvalue weighted by molar-refractivity contribution is 5.91. The van der Waals surface area contributed by atoms with Crippen LogP contribution in [0.25, 0.3) is 0 Å². The predicted molar refractivity (Wildman–Crippen MR) is 99.3 cm³/mol. The van der Waals surface area contributed by atoms with Crippen molar-refractivity contribution in [2.24, 2.45) is 0 Å². The number of phenols is 1. The molecule has 1 heterocycles. The summed E-state index contributed by atoms with van der Waals surface area (Å²) in [5.41, 5.74) is 0.278. The highest BCUT2D eigenvalue weighted by atomic mass is 16.5. The Bertz CT molecular complexity index is 650. The number of ether oxygens (including phenoxy) is 1. The number of esters is 1. The van der Waals surface area contributed by atoms with E-state index < -0.39 is 5.97 Å². The monoisotopic (exact) mass is 377 g/mol. The molecule has 0 atom stereocenters. The van der Waals surface area contributed by atoms with E-state index in [1.165, 1.54) is 24.3 Å². The van der Waals surface area contributed by atoms with Gasteiger partial charge in [-0.25, -0.2) is 4.79 Å². The molecule has 27 heavy (non-hydrogen) atoms. The van der Waals surface area contributed by atoms with E-state index in [2.05, 4.69) is 0 Å². The average Bonchev–Trinajstić information content (AvgIpc) is 2.68. The van der Waals surface area contributed by atoms with Crippen molar-refractivity contribution in [3.05, 3.63) is 29.8 Å². The molecular weight excluding hydrogens is 350 g/mol. The Hall–Kier alpha value is -2.61. The van der Waals surface area contributed by atoms with E-state index in [0.717, 1.165) is 0 Å². The minimum atomic E-state index is -0.605. The minimum absolute atomic E-state index is 0.0555. The first-order chi connectivity index (χ1) is 12.9. The van der Waals surface area contributed by atoms with Gasteiger partial charge in [0.1, 0.15) is 5.75 Å². The molecule has 1 aromatic carbocycles. The second-order valence-electron chi connectivity index (χ2n) is 6.35. The number of benzene rings is 1. The van der Waals surface area contributed by atoms with Crippen LogP contribution in [0.2, 0.25) is 0 Å². The second kappa shape index (κ2) is 9.91. The number of carbonyl (C=O) groups excluding carboxylic acids is 3. The Balaban J connectivity index is 1.73. The summed E-state index contributed by atoms with van der Waals surface area (Å²) in [5, 5.41) is 9.22. The molecular formula is C19H27N3O5. The van der Waals surface area contributed by atoms with Crippen molar-refractivity contribution in [1.82, 2.24) is 14.7 Å². The number of rotatable bonds is 7. The molecule has 1 aliphatic rings. The molecule has 1 fully saturated rings. The lowest BCUT2D eigenvalue weighted by molar-refractivity contribution is -0.137. The standard InChI is InChI=1S/C19H27N3O5/c1-3-21(4-2)17(24)13-20-9-11-22(12-10-20)18(25)14-27-19(26)15-5-7-16(23)8-6-15/h5-8,23H,3-4,9-14H2,1-2H3. The lowest BCUT2D eigenvalue weighted by Crippen LogP contribution is -2.52. The average molecular weight is 377 g/mol. The SMILES string of the molecule is CCN(CC)C(=O)CN1CCN(C(=O)COC(=O)c2ccc(O)cc2)CC1. The van der Waals surface area contributed by atoms with E-state index in [4.69, 9.17) is 4.74 Å². The lowest BCUT2D eigenvalue weighted by Gasteiger charge is -2.35. The highest BCUT2D eigenvalue weighted by Gasteiger charge is 2.24. The van der Waals surface area contributed by atoms with Crippen LogP contribution >= 0.6 is 0 Å². The number of piperazine rings is 1. The van der Waals surface area contributed by atoms with Gasteiger partial charge in [0, 0.05) is 39.3 Å². The molecule has 0 saturated carbocycles. The molecule has 1 N–H and O–H groups in total. The largest absolute Gasteiger partial charge is 0.508 e. The molecule has 0 spiro atoms. The first kappa shape index (κ1) is 20.7. The van der Waals surface area contributed by atoms with Gasteiger partial charge >= 0.3 is 5.97 Å². The summed E-state index contributed by atoms with van der Waals surface area (Å²) in [5.74, 6) is -0.703. The van der Waals surface area contributed by atoms with Gasteiger partial charge in [-0.2, -0.15) is 0 Å². The Morgan fingerprint density at radius 1 is 1.04 bits per heavy atom. The number of hydrogen-bond donors (Lipinski definition) is 1. The molecule has 0 radical (unpaired) electrons. The Morgan fingerprint density at radius 3 is 2.19 bits per heavy atom. The molecule has 2 amide bonds. The molecule has 1 aliphatic heterocycles. The predicted octanol–water partition coefficient (Wildman–Crippen LogP) is 0.562. The fourth-order valence-corrected chi connectivity index (χ4v) is 2.92. The van der Waals surface area contributed by atoms with Crippen LogP contribution in [0.4, 0.5) is 0 Å². The molecule has 8 nitrogen and oxygen atoms in total. The summed E-state index contributed by atoms with van der Waals surface area (Å²) in [4.78, 5) is 41.8. The number of phenolic OH excluding ortho intramolecular Hbond substituents is 1. The van der Waals surface area contributed by atoms with Gasteiger partial charge in [-0.05, 0) is 38.1 Å². The van der Waals surface area contributed by atoms with E-state index in [-0.39, 0.29) is 29.7 Å². The van der Waals surface area contributed by atoms with Gasteiger partial charge in [0.15, 0.2) is 6.61 Å². The number of amides is 2. The second-order valence-corrected chi connectivity index (χ2v) is 6.35. The summed E-state index contributed by atoms with van der Waals surface area (Å²) >= 11 is 0. The third-order valence-corrected chi connectivity index (χ3v) is 4.63. The van der Waals surface area contributed by atoms with Crippen molar-refractivity contribution < 1.29 is 24.2 Å². The number of nitrogens with zero attached hydrogens (tertiary/aromatic N) is 3. The molecule has 0 aliphatic carbocycles. The molecule has 148 valence electrons. The van der Waals surface area contributed by atoms with Crippen LogP contribution in [0.1, 0.15) is 24.2 Å². The zero-order valence-corrected chi connectivity index (χ0v) is 15.9. The summed E-state index contributed by atoms with van der Waals surface area (Å²) in [6.07, 6.45) is 0. The van der Waals surface area contributed by atoms with Crippen LogP contribution in [0.3, 0.4) is 0 Å². The van der Waals surface area contributed by atoms with Gasteiger partial charge in [-0.1, -0.05) is 0 Å². The smallest absolute Gasteiger partial charge is 0.338 e. The van der Waals surface area contributed by atoms with Crippen molar-refractivity contribution in [2.75, 3.05) is 52.4 Å². The number of likely N-dealkylation sites (N-methyl/N-ethyl adjacent to an activating group) is 1. The fourth-order valence-electron chi connectivity index (χ4n) is 2.92. The zero-order valence-electron chi connectivity index (χ0n) is 15.9. The normalized spacial score (nSPS) is 14.7. The topological polar surface area (TPSA) is 90.4 Å². The first-order valence-electron chi connectivity index (χ1n) is 9.18. The van der Waals surface area contributed by atoms with E-state index >= 15 is 0 Å². The molecule has 0 bridgehead atoms. The first-order valence-corrected chi connectivity index (χ1v) is 9.18. The van der Waals surface area contributed by atoms with Crippen LogP contribution in [-0.4, -0.2) is 90.0 Å². The maximum Gasteiger partial charge on any atom is 0.338 e. The molecule has 0 unspecified atom stereocenters. The minimum Gasteiger partial charge on any atom is -0.508 e. The Labute approximate surface area is 159 Å². The van der Waals surface area contributed by atoms with Gasteiger partial charge in [0.05, 0.1) is 12.1 Å². The maximum absolute atomic E-state index is 12.2. The summed E-state index contributed by atoms with van der Waals surface area (Å²) in [6, 6.07) is 5.65. The molecule has 8 heteroatoms.